The minimum absolute atomic E-state index is 0.0505. The van der Waals surface area contributed by atoms with Gasteiger partial charge in [-0.05, 0) is 24.5 Å². The fourth-order valence-corrected chi connectivity index (χ4v) is 1.80. The maximum Gasteiger partial charge on any atom is 0.423 e. The zero-order chi connectivity index (χ0) is 14.6. The molecule has 0 spiro atoms. The molecule has 1 aromatic carbocycles. The van der Waals surface area contributed by atoms with Crippen molar-refractivity contribution in [3.05, 3.63) is 39.4 Å². The molecule has 0 saturated carbocycles. The number of nitro groups is 1. The van der Waals surface area contributed by atoms with E-state index < -0.39 is 28.5 Å². The van der Waals surface area contributed by atoms with Crippen molar-refractivity contribution in [1.29, 1.82) is 0 Å². The first kappa shape index (κ1) is 15.4. The molecule has 1 rings (SSSR count). The van der Waals surface area contributed by atoms with Crippen LogP contribution in [0.5, 0.6) is 0 Å². The number of hydrogen-bond acceptors (Lipinski definition) is 3. The van der Waals surface area contributed by atoms with E-state index in [1.54, 1.807) is 0 Å². The Kier molecular flexibility index (Phi) is 4.88. The normalized spacial score (nSPS) is 13.3. The Morgan fingerprint density at radius 1 is 1.42 bits per heavy atom. The third-order valence-corrected chi connectivity index (χ3v) is 2.66. The third kappa shape index (κ3) is 4.20. The molecule has 0 amide bonds. The van der Waals surface area contributed by atoms with E-state index in [2.05, 4.69) is 0 Å². The van der Waals surface area contributed by atoms with E-state index in [1.165, 1.54) is 6.07 Å². The highest BCUT2D eigenvalue weighted by molar-refractivity contribution is 5.44. The van der Waals surface area contributed by atoms with Crippen molar-refractivity contribution >= 4 is 5.69 Å². The summed E-state index contributed by atoms with van der Waals surface area (Å²) in [5.41, 5.74) is -2.01. The lowest BCUT2D eigenvalue weighted by molar-refractivity contribution is -0.388. The second-order valence-corrected chi connectivity index (χ2v) is 4.25. The van der Waals surface area contributed by atoms with Crippen LogP contribution >= 0.6 is 0 Å². The van der Waals surface area contributed by atoms with Gasteiger partial charge in [-0.3, -0.25) is 10.1 Å². The summed E-state index contributed by atoms with van der Waals surface area (Å²) < 4.78 is 38.1. The van der Waals surface area contributed by atoms with Gasteiger partial charge >= 0.3 is 6.18 Å². The Hall–Kier alpha value is -1.63. The number of hydrogen-bond donors (Lipinski definition) is 1. The number of nitro benzene ring substituents is 1. The molecule has 1 atom stereocenters. The number of nitrogens with zero attached hydrogens (tertiary/aromatic N) is 1. The van der Waals surface area contributed by atoms with E-state index in [0.29, 0.717) is 12.8 Å². The Morgan fingerprint density at radius 3 is 2.53 bits per heavy atom. The molecule has 0 saturated heterocycles. The molecule has 0 aliphatic carbocycles. The number of benzene rings is 1. The predicted molar refractivity (Wildman–Crippen MR) is 62.7 cm³/mol. The minimum Gasteiger partial charge on any atom is -0.393 e. The lowest BCUT2D eigenvalue weighted by Gasteiger charge is -2.12. The predicted octanol–water partition coefficient (Wildman–Crippen LogP) is 3.32. The van der Waals surface area contributed by atoms with Crippen molar-refractivity contribution in [3.8, 4) is 0 Å². The van der Waals surface area contributed by atoms with Crippen LogP contribution in [-0.4, -0.2) is 16.1 Å². The number of rotatable bonds is 5. The van der Waals surface area contributed by atoms with Crippen molar-refractivity contribution in [3.63, 3.8) is 0 Å². The van der Waals surface area contributed by atoms with Crippen LogP contribution < -0.4 is 0 Å². The summed E-state index contributed by atoms with van der Waals surface area (Å²) in [6, 6.07) is 2.81. The van der Waals surface area contributed by atoms with Crippen molar-refractivity contribution in [2.75, 3.05) is 0 Å². The first-order valence-corrected chi connectivity index (χ1v) is 5.78. The second-order valence-electron chi connectivity index (χ2n) is 4.25. The molecule has 0 aliphatic rings. The smallest absolute Gasteiger partial charge is 0.393 e. The zero-order valence-electron chi connectivity index (χ0n) is 10.3. The van der Waals surface area contributed by atoms with Crippen LogP contribution in [0, 0.1) is 10.1 Å². The second kappa shape index (κ2) is 6.01. The average Bonchev–Trinajstić information content (AvgIpc) is 2.27. The quantitative estimate of drug-likeness (QED) is 0.663. The highest BCUT2D eigenvalue weighted by Gasteiger charge is 2.38. The summed E-state index contributed by atoms with van der Waals surface area (Å²) >= 11 is 0. The number of halogens is 3. The molecule has 0 aliphatic heterocycles. The van der Waals surface area contributed by atoms with Gasteiger partial charge in [-0.15, -0.1) is 0 Å². The summed E-state index contributed by atoms with van der Waals surface area (Å²) in [6.07, 6.45) is -4.30. The topological polar surface area (TPSA) is 63.4 Å². The summed E-state index contributed by atoms with van der Waals surface area (Å²) in [6.45, 7) is 1.85. The van der Waals surface area contributed by atoms with E-state index in [0.717, 1.165) is 12.1 Å². The average molecular weight is 277 g/mol. The van der Waals surface area contributed by atoms with Gasteiger partial charge in [0.05, 0.1) is 11.0 Å². The van der Waals surface area contributed by atoms with Crippen LogP contribution in [-0.2, 0) is 12.6 Å². The fraction of sp³-hybridized carbons (Fsp3) is 0.500. The van der Waals surface area contributed by atoms with Gasteiger partial charge in [0.15, 0.2) is 0 Å². The molecular formula is C12H14F3NO3. The van der Waals surface area contributed by atoms with E-state index >= 15 is 0 Å². The van der Waals surface area contributed by atoms with Crippen molar-refractivity contribution in [2.24, 2.45) is 0 Å². The van der Waals surface area contributed by atoms with Crippen LogP contribution in [0.4, 0.5) is 18.9 Å². The van der Waals surface area contributed by atoms with Gasteiger partial charge < -0.3 is 5.11 Å². The summed E-state index contributed by atoms with van der Waals surface area (Å²) in [7, 11) is 0. The van der Waals surface area contributed by atoms with Gasteiger partial charge in [0.1, 0.15) is 5.56 Å². The van der Waals surface area contributed by atoms with Crippen LogP contribution in [0.25, 0.3) is 0 Å². The molecule has 1 N–H and O–H groups in total. The molecule has 0 radical (unpaired) electrons. The largest absolute Gasteiger partial charge is 0.423 e. The highest BCUT2D eigenvalue weighted by Crippen LogP contribution is 2.36. The number of aliphatic hydroxyl groups excluding tert-OH is 1. The van der Waals surface area contributed by atoms with Crippen LogP contribution in [0.15, 0.2) is 18.2 Å². The molecule has 1 aromatic rings. The first-order valence-electron chi connectivity index (χ1n) is 5.78. The maximum atomic E-state index is 12.7. The third-order valence-electron chi connectivity index (χ3n) is 2.66. The van der Waals surface area contributed by atoms with Gasteiger partial charge in [0, 0.05) is 6.07 Å². The van der Waals surface area contributed by atoms with Crippen molar-refractivity contribution in [1.82, 2.24) is 0 Å². The SMILES string of the molecule is CCCC(O)Cc1ccc([N+](=O)[O-])c(C(F)(F)F)c1. The van der Waals surface area contributed by atoms with Crippen LogP contribution in [0.2, 0.25) is 0 Å². The molecular weight excluding hydrogens is 263 g/mol. The number of aliphatic hydroxyl groups is 1. The van der Waals surface area contributed by atoms with E-state index in [-0.39, 0.29) is 12.0 Å². The molecule has 7 heteroatoms. The molecule has 1 unspecified atom stereocenters. The summed E-state index contributed by atoms with van der Waals surface area (Å²) in [5.74, 6) is 0. The van der Waals surface area contributed by atoms with E-state index in [4.69, 9.17) is 0 Å². The Labute approximate surface area is 108 Å². The number of alkyl halides is 3. The van der Waals surface area contributed by atoms with Crippen LogP contribution in [0.1, 0.15) is 30.9 Å². The summed E-state index contributed by atoms with van der Waals surface area (Å²) in [4.78, 5) is 9.50. The van der Waals surface area contributed by atoms with Crippen LogP contribution in [0.3, 0.4) is 0 Å². The molecule has 0 aromatic heterocycles. The Bertz CT molecular complexity index is 460. The molecule has 19 heavy (non-hydrogen) atoms. The molecule has 0 heterocycles. The standard InChI is InChI=1S/C12H14F3NO3/c1-2-3-9(17)6-8-4-5-11(16(18)19)10(7-8)12(13,14)15/h4-5,7,9,17H,2-3,6H2,1H3. The van der Waals surface area contributed by atoms with E-state index in [1.807, 2.05) is 6.92 Å². The first-order chi connectivity index (χ1) is 8.75. The molecule has 0 bridgehead atoms. The van der Waals surface area contributed by atoms with Gasteiger partial charge in [-0.1, -0.05) is 19.4 Å². The fourth-order valence-electron chi connectivity index (χ4n) is 1.80. The minimum atomic E-state index is -4.78. The zero-order valence-corrected chi connectivity index (χ0v) is 10.3. The lowest BCUT2D eigenvalue weighted by Crippen LogP contribution is -2.13. The Morgan fingerprint density at radius 2 is 2.05 bits per heavy atom. The summed E-state index contributed by atoms with van der Waals surface area (Å²) in [5, 5.41) is 20.1. The molecule has 4 nitrogen and oxygen atoms in total. The molecule has 0 fully saturated rings. The van der Waals surface area contributed by atoms with Crippen molar-refractivity contribution in [2.45, 2.75) is 38.5 Å². The highest BCUT2D eigenvalue weighted by atomic mass is 19.4. The van der Waals surface area contributed by atoms with Gasteiger partial charge in [-0.25, -0.2) is 0 Å². The van der Waals surface area contributed by atoms with Crippen molar-refractivity contribution < 1.29 is 23.2 Å². The van der Waals surface area contributed by atoms with E-state index in [9.17, 15) is 28.4 Å². The van der Waals surface area contributed by atoms with Gasteiger partial charge in [0.25, 0.3) is 5.69 Å². The Balaban J connectivity index is 3.09. The molecule has 106 valence electrons. The van der Waals surface area contributed by atoms with Gasteiger partial charge in [-0.2, -0.15) is 13.2 Å². The van der Waals surface area contributed by atoms with Gasteiger partial charge in [0.2, 0.25) is 0 Å². The monoisotopic (exact) mass is 277 g/mol. The maximum absolute atomic E-state index is 12.7. The lowest BCUT2D eigenvalue weighted by atomic mass is 10.0.